The van der Waals surface area contributed by atoms with Crippen LogP contribution in [-0.2, 0) is 0 Å². The van der Waals surface area contributed by atoms with E-state index in [0.717, 1.165) is 42.9 Å². The predicted octanol–water partition coefficient (Wildman–Crippen LogP) is 2.26. The molecule has 3 aromatic heterocycles. The quantitative estimate of drug-likeness (QED) is 0.669. The third kappa shape index (κ3) is 3.59. The Kier molecular flexibility index (Phi) is 4.97. The van der Waals surface area contributed by atoms with E-state index in [1.54, 1.807) is 11.1 Å². The second-order valence-corrected chi connectivity index (χ2v) is 8.63. The Labute approximate surface area is 181 Å². The van der Waals surface area contributed by atoms with Crippen LogP contribution in [-0.4, -0.2) is 70.1 Å². The van der Waals surface area contributed by atoms with E-state index in [4.69, 9.17) is 4.98 Å². The Bertz CT molecular complexity index is 1100. The topological polar surface area (TPSA) is 91.2 Å². The highest BCUT2D eigenvalue weighted by Gasteiger charge is 2.33. The summed E-state index contributed by atoms with van der Waals surface area (Å²) in [5, 5.41) is 7.45. The van der Waals surface area contributed by atoms with E-state index in [9.17, 15) is 4.79 Å². The molecule has 1 saturated heterocycles. The first-order valence-electron chi connectivity index (χ1n) is 10.8. The molecule has 1 atom stereocenters. The summed E-state index contributed by atoms with van der Waals surface area (Å²) in [7, 11) is 1.85. The average molecular weight is 421 g/mol. The van der Waals surface area contributed by atoms with E-state index >= 15 is 0 Å². The second-order valence-electron chi connectivity index (χ2n) is 8.63. The molecule has 0 radical (unpaired) electrons. The first-order chi connectivity index (χ1) is 15.0. The van der Waals surface area contributed by atoms with Crippen molar-refractivity contribution < 1.29 is 4.79 Å². The van der Waals surface area contributed by atoms with Crippen LogP contribution in [0.25, 0.3) is 11.0 Å². The minimum Gasteiger partial charge on any atom is -0.368 e. The summed E-state index contributed by atoms with van der Waals surface area (Å²) in [4.78, 5) is 30.6. The third-order valence-corrected chi connectivity index (χ3v) is 6.17. The summed E-state index contributed by atoms with van der Waals surface area (Å²) in [6.45, 7) is 8.98. The zero-order chi connectivity index (χ0) is 21.5. The first kappa shape index (κ1) is 19.7. The number of anilines is 3. The fourth-order valence-corrected chi connectivity index (χ4v) is 4.40. The summed E-state index contributed by atoms with van der Waals surface area (Å²) < 4.78 is 2.08. The van der Waals surface area contributed by atoms with Gasteiger partial charge in [-0.15, -0.1) is 0 Å². The smallest absolute Gasteiger partial charge is 0.270 e. The average Bonchev–Trinajstić information content (AvgIpc) is 3.16. The third-order valence-electron chi connectivity index (χ3n) is 6.17. The molecule has 0 saturated carbocycles. The molecule has 0 aliphatic carbocycles. The lowest BCUT2D eigenvalue weighted by Crippen LogP contribution is -2.43. The molecule has 2 aliphatic rings. The number of carbonyl (C=O) groups is 1. The molecule has 0 aromatic carbocycles. The number of amides is 1. The van der Waals surface area contributed by atoms with Gasteiger partial charge in [0, 0.05) is 51.4 Å². The van der Waals surface area contributed by atoms with E-state index in [0.29, 0.717) is 29.9 Å². The highest BCUT2D eigenvalue weighted by molar-refractivity contribution is 5.98. The van der Waals surface area contributed by atoms with Crippen LogP contribution in [0.3, 0.4) is 0 Å². The molecule has 31 heavy (non-hydrogen) atoms. The number of piperazine rings is 1. The molecule has 9 heteroatoms. The van der Waals surface area contributed by atoms with Crippen molar-refractivity contribution in [1.82, 2.24) is 29.7 Å². The first-order valence-corrected chi connectivity index (χ1v) is 10.8. The Hall–Kier alpha value is -3.20. The molecule has 2 N–H and O–H groups in total. The normalized spacial score (nSPS) is 19.2. The van der Waals surface area contributed by atoms with Crippen molar-refractivity contribution in [2.75, 3.05) is 50.0 Å². The van der Waals surface area contributed by atoms with Crippen LogP contribution in [0, 0.1) is 5.92 Å². The van der Waals surface area contributed by atoms with Crippen molar-refractivity contribution in [2.24, 2.45) is 5.92 Å². The van der Waals surface area contributed by atoms with Gasteiger partial charge in [-0.25, -0.2) is 9.97 Å². The number of hydrogen-bond acceptors (Lipinski definition) is 7. The highest BCUT2D eigenvalue weighted by atomic mass is 16.2. The van der Waals surface area contributed by atoms with Gasteiger partial charge in [0.25, 0.3) is 5.91 Å². The second kappa shape index (κ2) is 7.81. The van der Waals surface area contributed by atoms with Crippen LogP contribution in [0.5, 0.6) is 0 Å². The van der Waals surface area contributed by atoms with Gasteiger partial charge in [-0.2, -0.15) is 4.98 Å². The summed E-state index contributed by atoms with van der Waals surface area (Å²) >= 11 is 0. The number of nitrogens with one attached hydrogen (secondary N) is 2. The summed E-state index contributed by atoms with van der Waals surface area (Å²) in [5.74, 6) is 1.56. The number of nitrogens with zero attached hydrogens (tertiary/aromatic N) is 6. The number of aromatic nitrogens is 4. The molecular weight excluding hydrogens is 392 g/mol. The fourth-order valence-electron chi connectivity index (χ4n) is 4.40. The van der Waals surface area contributed by atoms with E-state index in [1.165, 1.54) is 0 Å². The van der Waals surface area contributed by atoms with Crippen LogP contribution in [0.15, 0.2) is 30.6 Å². The van der Waals surface area contributed by atoms with Gasteiger partial charge in [0.15, 0.2) is 0 Å². The van der Waals surface area contributed by atoms with Crippen molar-refractivity contribution >= 4 is 34.4 Å². The molecule has 1 amide bonds. The lowest BCUT2D eigenvalue weighted by atomic mass is 10.0. The Morgan fingerprint density at radius 1 is 1.16 bits per heavy atom. The van der Waals surface area contributed by atoms with Crippen molar-refractivity contribution in [3.8, 4) is 0 Å². The zero-order valence-corrected chi connectivity index (χ0v) is 18.2. The summed E-state index contributed by atoms with van der Waals surface area (Å²) in [6.07, 6.45) is 3.66. The molecule has 1 fully saturated rings. The maximum Gasteiger partial charge on any atom is 0.270 e. The number of rotatable bonds is 4. The molecule has 2 aliphatic heterocycles. The van der Waals surface area contributed by atoms with E-state index in [-0.39, 0.29) is 11.9 Å². The van der Waals surface area contributed by atoms with Gasteiger partial charge in [-0.1, -0.05) is 13.8 Å². The van der Waals surface area contributed by atoms with Gasteiger partial charge in [0.1, 0.15) is 17.2 Å². The molecule has 0 spiro atoms. The molecule has 3 aromatic rings. The maximum atomic E-state index is 12.7. The zero-order valence-electron chi connectivity index (χ0n) is 18.2. The number of hydrogen-bond donors (Lipinski definition) is 2. The standard InChI is InChI=1S/C22H28N8O/c1-14(2)18-13-28(3)21(31)17-10-15-11-25-22(27-20(15)30(17)18)26-19-5-4-16(12-24-19)29-8-6-23-7-9-29/h4-5,10-12,14,18,23H,6-9,13H2,1-3H3,(H,24,25,26,27). The molecular formula is C22H28N8O. The number of likely N-dealkylation sites (N-methyl/N-ethyl adjacent to an activating group) is 1. The molecule has 162 valence electrons. The number of carbonyl (C=O) groups excluding carboxylic acids is 1. The SMILES string of the molecule is CC(C)C1CN(C)C(=O)c2cc3cnc(Nc4ccc(N5CCNCC5)cn4)nc3n21. The lowest BCUT2D eigenvalue weighted by Gasteiger charge is -2.34. The van der Waals surface area contributed by atoms with Crippen LogP contribution in [0.1, 0.15) is 30.4 Å². The van der Waals surface area contributed by atoms with Gasteiger partial charge in [-0.3, -0.25) is 4.79 Å². The Balaban J connectivity index is 1.44. The van der Waals surface area contributed by atoms with Crippen LogP contribution in [0.4, 0.5) is 17.5 Å². The van der Waals surface area contributed by atoms with E-state index in [1.807, 2.05) is 25.4 Å². The Morgan fingerprint density at radius 2 is 1.97 bits per heavy atom. The van der Waals surface area contributed by atoms with Crippen LogP contribution < -0.4 is 15.5 Å². The molecule has 5 rings (SSSR count). The van der Waals surface area contributed by atoms with Gasteiger partial charge in [0.05, 0.1) is 17.9 Å². The maximum absolute atomic E-state index is 12.7. The van der Waals surface area contributed by atoms with Crippen molar-refractivity contribution in [3.05, 3.63) is 36.3 Å². The minimum atomic E-state index is 0.0228. The van der Waals surface area contributed by atoms with Crippen LogP contribution >= 0.6 is 0 Å². The molecule has 9 nitrogen and oxygen atoms in total. The van der Waals surface area contributed by atoms with Crippen molar-refractivity contribution in [2.45, 2.75) is 19.9 Å². The van der Waals surface area contributed by atoms with Crippen molar-refractivity contribution in [3.63, 3.8) is 0 Å². The Morgan fingerprint density at radius 3 is 2.68 bits per heavy atom. The molecule has 1 unspecified atom stereocenters. The minimum absolute atomic E-state index is 0.0228. The number of pyridine rings is 1. The van der Waals surface area contributed by atoms with Gasteiger partial charge >= 0.3 is 0 Å². The lowest BCUT2D eigenvalue weighted by molar-refractivity contribution is 0.0698. The number of fused-ring (bicyclic) bond motifs is 3. The highest BCUT2D eigenvalue weighted by Crippen LogP contribution is 2.32. The largest absolute Gasteiger partial charge is 0.368 e. The van der Waals surface area contributed by atoms with E-state index in [2.05, 4.69) is 50.0 Å². The molecule has 0 bridgehead atoms. The summed E-state index contributed by atoms with van der Waals surface area (Å²) in [5.41, 5.74) is 2.57. The van der Waals surface area contributed by atoms with Crippen molar-refractivity contribution in [1.29, 1.82) is 0 Å². The summed E-state index contributed by atoms with van der Waals surface area (Å²) in [6, 6.07) is 6.09. The molecule has 5 heterocycles. The fraction of sp³-hybridized carbons (Fsp3) is 0.455. The van der Waals surface area contributed by atoms with Crippen LogP contribution in [0.2, 0.25) is 0 Å². The van der Waals surface area contributed by atoms with E-state index < -0.39 is 0 Å². The van der Waals surface area contributed by atoms with Gasteiger partial charge < -0.3 is 25.0 Å². The monoisotopic (exact) mass is 420 g/mol. The predicted molar refractivity (Wildman–Crippen MR) is 121 cm³/mol. The van der Waals surface area contributed by atoms with Gasteiger partial charge in [0.2, 0.25) is 5.95 Å². The van der Waals surface area contributed by atoms with Gasteiger partial charge in [-0.05, 0) is 24.1 Å².